The summed E-state index contributed by atoms with van der Waals surface area (Å²) < 4.78 is 0. The van der Waals surface area contributed by atoms with E-state index in [1.54, 1.807) is 17.1 Å². The van der Waals surface area contributed by atoms with Crippen molar-refractivity contribution in [2.24, 2.45) is 0 Å². The molecule has 12 heavy (non-hydrogen) atoms. The van der Waals surface area contributed by atoms with E-state index in [0.717, 1.165) is 0 Å². The molecule has 0 unspecified atom stereocenters. The summed E-state index contributed by atoms with van der Waals surface area (Å²) in [5, 5.41) is 0. The van der Waals surface area contributed by atoms with Gasteiger partial charge in [-0.2, -0.15) is 0 Å². The van der Waals surface area contributed by atoms with Crippen LogP contribution in [0.25, 0.3) is 0 Å². The summed E-state index contributed by atoms with van der Waals surface area (Å²) in [6, 6.07) is 0. The van der Waals surface area contributed by atoms with Gasteiger partial charge in [0.25, 0.3) is 0 Å². The van der Waals surface area contributed by atoms with Crippen LogP contribution in [-0.4, -0.2) is 0 Å². The first kappa shape index (κ1) is 10.3. The summed E-state index contributed by atoms with van der Waals surface area (Å²) in [6.07, 6.45) is 7.83. The second-order valence-corrected chi connectivity index (χ2v) is 3.66. The fraction of sp³-hybridized carbons (Fsp3) is 0.545. The number of allylic oxidation sites excluding steroid dienone is 4. The van der Waals surface area contributed by atoms with E-state index in [1.165, 1.54) is 31.3 Å². The molecule has 0 N–H and O–H groups in total. The van der Waals surface area contributed by atoms with Gasteiger partial charge in [-0.1, -0.05) is 24.1 Å². The zero-order valence-electron chi connectivity index (χ0n) is 7.91. The molecule has 0 atom stereocenters. The first-order valence-electron chi connectivity index (χ1n) is 4.53. The van der Waals surface area contributed by atoms with E-state index in [1.807, 2.05) is 0 Å². The Morgan fingerprint density at radius 1 is 1.08 bits per heavy atom. The van der Waals surface area contributed by atoms with Crippen LogP contribution in [0, 0.1) is 5.92 Å². The molecule has 0 aromatic heterocycles. The van der Waals surface area contributed by atoms with Gasteiger partial charge in [-0.3, -0.25) is 0 Å². The molecule has 0 saturated heterocycles. The molecular weight excluding hydrogens is 180 g/mol. The Morgan fingerprint density at radius 3 is 2.42 bits per heavy atom. The Balaban J connectivity index is 0.000000720. The van der Waals surface area contributed by atoms with Crippen LogP contribution < -0.4 is 0 Å². The second kappa shape index (κ2) is 3.93. The van der Waals surface area contributed by atoms with Crippen molar-refractivity contribution in [3.05, 3.63) is 28.7 Å². The maximum atomic E-state index is 2.38. The number of rotatable bonds is 0. The minimum Gasteiger partial charge on any atom is -0.0618 e. The van der Waals surface area contributed by atoms with Gasteiger partial charge in [0.1, 0.15) is 0 Å². The van der Waals surface area contributed by atoms with Gasteiger partial charge in [-0.05, 0) is 38.2 Å². The van der Waals surface area contributed by atoms with Crippen molar-refractivity contribution >= 4 is 0 Å². The second-order valence-electron chi connectivity index (χ2n) is 3.66. The third-order valence-electron chi connectivity index (χ3n) is 2.95. The van der Waals surface area contributed by atoms with Crippen molar-refractivity contribution in [3.63, 3.8) is 0 Å². The van der Waals surface area contributed by atoms with Crippen molar-refractivity contribution in [3.8, 4) is 0 Å². The normalized spacial score (nSPS) is 23.3. The predicted octanol–water partition coefficient (Wildman–Crippen LogP) is 3.41. The smallest absolute Gasteiger partial charge is 0.0227 e. The van der Waals surface area contributed by atoms with Gasteiger partial charge in [-0.25, -0.2) is 0 Å². The van der Waals surface area contributed by atoms with E-state index in [9.17, 15) is 0 Å². The van der Waals surface area contributed by atoms with Crippen LogP contribution in [0.1, 0.15) is 39.5 Å². The Hall–Kier alpha value is 0.194. The van der Waals surface area contributed by atoms with E-state index >= 15 is 0 Å². The molecule has 1 heteroatoms. The van der Waals surface area contributed by atoms with Gasteiger partial charge in [-0.15, -0.1) is 0 Å². The monoisotopic (exact) mass is 195 g/mol. The summed E-state index contributed by atoms with van der Waals surface area (Å²) in [5.41, 5.74) is 4.79. The minimum absolute atomic E-state index is 0. The topological polar surface area (TPSA) is 0 Å². The van der Waals surface area contributed by atoms with Crippen molar-refractivity contribution in [1.82, 2.24) is 0 Å². The molecule has 0 heterocycles. The maximum Gasteiger partial charge on any atom is 0.0227 e. The molecule has 0 fully saturated rings. The third-order valence-corrected chi connectivity index (χ3v) is 2.95. The Morgan fingerprint density at radius 2 is 1.75 bits per heavy atom. The molecule has 63 valence electrons. The van der Waals surface area contributed by atoms with Gasteiger partial charge in [0.05, 0.1) is 0 Å². The van der Waals surface area contributed by atoms with Gasteiger partial charge >= 0.3 is 0 Å². The SMILES string of the molecule is C[C]1C(C)=CC2=C1CCCC2.[Ti]. The van der Waals surface area contributed by atoms with Crippen LogP contribution in [0.5, 0.6) is 0 Å². The molecular formula is C11H15Ti. The maximum absolute atomic E-state index is 2.38. The number of hydrogen-bond acceptors (Lipinski definition) is 0. The summed E-state index contributed by atoms with van der Waals surface area (Å²) >= 11 is 0. The first-order chi connectivity index (χ1) is 5.29. The van der Waals surface area contributed by atoms with Gasteiger partial charge in [0, 0.05) is 27.6 Å². The van der Waals surface area contributed by atoms with Crippen molar-refractivity contribution in [1.29, 1.82) is 0 Å². The molecule has 0 amide bonds. The molecule has 0 spiro atoms. The molecule has 2 rings (SSSR count). The first-order valence-corrected chi connectivity index (χ1v) is 4.53. The van der Waals surface area contributed by atoms with E-state index in [4.69, 9.17) is 0 Å². The van der Waals surface area contributed by atoms with E-state index in [0.29, 0.717) is 0 Å². The molecule has 0 saturated carbocycles. The Kier molecular flexibility index (Phi) is 3.37. The zero-order valence-corrected chi connectivity index (χ0v) is 9.47. The van der Waals surface area contributed by atoms with Crippen LogP contribution in [0.15, 0.2) is 22.8 Å². The van der Waals surface area contributed by atoms with E-state index < -0.39 is 0 Å². The van der Waals surface area contributed by atoms with E-state index in [2.05, 4.69) is 19.9 Å². The minimum atomic E-state index is 0. The molecule has 0 nitrogen and oxygen atoms in total. The van der Waals surface area contributed by atoms with Crippen LogP contribution in [0.4, 0.5) is 0 Å². The van der Waals surface area contributed by atoms with Gasteiger partial charge < -0.3 is 0 Å². The summed E-state index contributed by atoms with van der Waals surface area (Å²) in [5.74, 6) is 1.56. The molecule has 0 aromatic rings. The molecule has 0 aliphatic heterocycles. The fourth-order valence-corrected chi connectivity index (χ4v) is 2.12. The summed E-state index contributed by atoms with van der Waals surface area (Å²) in [6.45, 7) is 4.49. The molecule has 2 aliphatic carbocycles. The zero-order chi connectivity index (χ0) is 7.84. The van der Waals surface area contributed by atoms with Crippen molar-refractivity contribution in [2.45, 2.75) is 39.5 Å². The largest absolute Gasteiger partial charge is 0.0618 e. The molecule has 0 bridgehead atoms. The van der Waals surface area contributed by atoms with Crippen molar-refractivity contribution < 1.29 is 21.7 Å². The van der Waals surface area contributed by atoms with Crippen LogP contribution in [-0.2, 0) is 21.7 Å². The van der Waals surface area contributed by atoms with Crippen LogP contribution in [0.2, 0.25) is 0 Å². The fourth-order valence-electron chi connectivity index (χ4n) is 2.12. The molecule has 0 aromatic carbocycles. The van der Waals surface area contributed by atoms with Crippen molar-refractivity contribution in [2.75, 3.05) is 0 Å². The third kappa shape index (κ3) is 1.60. The quantitative estimate of drug-likeness (QED) is 0.519. The van der Waals surface area contributed by atoms with Gasteiger partial charge in [0.2, 0.25) is 0 Å². The predicted molar refractivity (Wildman–Crippen MR) is 48.2 cm³/mol. The Labute approximate surface area is 90.0 Å². The Bertz CT molecular complexity index is 235. The average molecular weight is 195 g/mol. The van der Waals surface area contributed by atoms with E-state index in [-0.39, 0.29) is 21.7 Å². The van der Waals surface area contributed by atoms with Gasteiger partial charge in [0.15, 0.2) is 0 Å². The standard InChI is InChI=1S/C11H15.Ti/c1-8-7-10-5-3-4-6-11(10)9(8)2;/h7H,3-6H2,1-2H3;. The average Bonchev–Trinajstić information content (AvgIpc) is 2.30. The van der Waals surface area contributed by atoms with Crippen LogP contribution >= 0.6 is 0 Å². The van der Waals surface area contributed by atoms with Crippen LogP contribution in [0.3, 0.4) is 0 Å². The number of hydrogen-bond donors (Lipinski definition) is 0. The summed E-state index contributed by atoms with van der Waals surface area (Å²) in [4.78, 5) is 0. The molecule has 2 aliphatic rings. The summed E-state index contributed by atoms with van der Waals surface area (Å²) in [7, 11) is 0. The molecule has 1 radical (unpaired) electrons.